The Balaban J connectivity index is 1.63. The smallest absolute Gasteiger partial charge is 0.176 e. The van der Waals surface area contributed by atoms with E-state index in [1.165, 1.54) is 11.9 Å². The number of para-hydroxylation sites is 1. The predicted octanol–water partition coefficient (Wildman–Crippen LogP) is 3.61. The van der Waals surface area contributed by atoms with E-state index in [-0.39, 0.29) is 0 Å². The fraction of sp³-hybridized carbons (Fsp3) is 0.200. The highest BCUT2D eigenvalue weighted by molar-refractivity contribution is 8.00. The summed E-state index contributed by atoms with van der Waals surface area (Å²) in [5, 5.41) is 3.34. The predicted molar refractivity (Wildman–Crippen MR) is 95.1 cm³/mol. The number of fused-ring (bicyclic) bond motifs is 2. The van der Waals surface area contributed by atoms with E-state index in [1.54, 1.807) is 23.1 Å². The second kappa shape index (κ2) is 5.78. The van der Waals surface area contributed by atoms with Crippen molar-refractivity contribution in [3.8, 4) is 0 Å². The van der Waals surface area contributed by atoms with Gasteiger partial charge in [0.2, 0.25) is 0 Å². The second-order valence-corrected chi connectivity index (χ2v) is 7.12. The van der Waals surface area contributed by atoms with Crippen LogP contribution in [0.25, 0.3) is 21.4 Å². The molecule has 0 atom stereocenters. The van der Waals surface area contributed by atoms with Crippen LogP contribution in [0.15, 0.2) is 28.9 Å². The van der Waals surface area contributed by atoms with Gasteiger partial charge in [-0.1, -0.05) is 23.9 Å². The zero-order valence-corrected chi connectivity index (χ0v) is 14.3. The van der Waals surface area contributed by atoms with Crippen LogP contribution in [0.1, 0.15) is 11.4 Å². The number of benzene rings is 1. The number of aromatic amines is 1. The van der Waals surface area contributed by atoms with Gasteiger partial charge in [-0.15, -0.1) is 11.3 Å². The number of nitrogens with zero attached hydrogens (tertiary/aromatic N) is 4. The lowest BCUT2D eigenvalue weighted by atomic mass is 10.2. The molecule has 0 unspecified atom stereocenters. The van der Waals surface area contributed by atoms with Gasteiger partial charge in [0.1, 0.15) is 22.7 Å². The third-order valence-corrected chi connectivity index (χ3v) is 5.57. The summed E-state index contributed by atoms with van der Waals surface area (Å²) in [4.78, 5) is 21.0. The summed E-state index contributed by atoms with van der Waals surface area (Å²) in [5.41, 5.74) is 3.97. The third kappa shape index (κ3) is 2.64. The molecular weight excluding hydrogens is 328 g/mol. The maximum Gasteiger partial charge on any atom is 0.176 e. The van der Waals surface area contributed by atoms with Crippen molar-refractivity contribution in [2.45, 2.75) is 17.8 Å². The van der Waals surface area contributed by atoms with Crippen LogP contribution < -0.4 is 5.32 Å². The summed E-state index contributed by atoms with van der Waals surface area (Å²) in [5.74, 6) is 1.68. The third-order valence-electron chi connectivity index (χ3n) is 3.53. The topological polar surface area (TPSA) is 79.4 Å². The van der Waals surface area contributed by atoms with Crippen molar-refractivity contribution in [2.24, 2.45) is 0 Å². The van der Waals surface area contributed by atoms with E-state index >= 15 is 0 Å². The summed E-state index contributed by atoms with van der Waals surface area (Å²) in [6.45, 7) is 2.64. The van der Waals surface area contributed by atoms with E-state index in [9.17, 15) is 0 Å². The maximum atomic E-state index is 4.65. The van der Waals surface area contributed by atoms with Gasteiger partial charge in [-0.25, -0.2) is 19.9 Å². The lowest BCUT2D eigenvalue weighted by Gasteiger charge is -2.03. The lowest BCUT2D eigenvalue weighted by Crippen LogP contribution is -2.03. The van der Waals surface area contributed by atoms with Crippen molar-refractivity contribution in [1.82, 2.24) is 24.9 Å². The standard InChI is InChI=1S/C15H14N6S2/c1-8-4-3-5-9-11(8)20-10(19-9)6-16-13-12-14(18-7-17-13)21-15(22-2)23-12/h3-5,7H,6H2,1-2H3,(H,19,20)(H,16,17,18). The van der Waals surface area contributed by atoms with E-state index in [1.807, 2.05) is 18.4 Å². The maximum absolute atomic E-state index is 4.65. The van der Waals surface area contributed by atoms with E-state index in [4.69, 9.17) is 0 Å². The van der Waals surface area contributed by atoms with Crippen LogP contribution in [0, 0.1) is 6.92 Å². The first kappa shape index (κ1) is 14.4. The Bertz CT molecular complexity index is 990. The molecular formula is C15H14N6S2. The zero-order chi connectivity index (χ0) is 15.8. The minimum atomic E-state index is 0.576. The van der Waals surface area contributed by atoms with Gasteiger partial charge in [0.05, 0.1) is 17.6 Å². The van der Waals surface area contributed by atoms with Crippen molar-refractivity contribution < 1.29 is 0 Å². The molecule has 3 heterocycles. The van der Waals surface area contributed by atoms with Crippen LogP contribution in [0.3, 0.4) is 0 Å². The molecule has 4 aromatic rings. The van der Waals surface area contributed by atoms with E-state index < -0.39 is 0 Å². The Morgan fingerprint density at radius 3 is 3.00 bits per heavy atom. The molecule has 8 heteroatoms. The number of rotatable bonds is 4. The Morgan fingerprint density at radius 1 is 1.26 bits per heavy atom. The monoisotopic (exact) mass is 342 g/mol. The van der Waals surface area contributed by atoms with E-state index in [2.05, 4.69) is 43.2 Å². The van der Waals surface area contributed by atoms with Gasteiger partial charge in [0, 0.05) is 0 Å². The minimum Gasteiger partial charge on any atom is -0.362 e. The Labute approximate surface area is 140 Å². The number of aryl methyl sites for hydroxylation is 1. The van der Waals surface area contributed by atoms with Crippen molar-refractivity contribution in [1.29, 1.82) is 0 Å². The number of imidazole rings is 1. The first-order valence-electron chi connectivity index (χ1n) is 7.08. The normalized spacial score (nSPS) is 11.4. The van der Waals surface area contributed by atoms with Gasteiger partial charge < -0.3 is 10.3 Å². The number of thiazole rings is 1. The Kier molecular flexibility index (Phi) is 3.62. The minimum absolute atomic E-state index is 0.576. The van der Waals surface area contributed by atoms with Gasteiger partial charge in [-0.3, -0.25) is 0 Å². The number of nitrogens with one attached hydrogen (secondary N) is 2. The molecule has 0 amide bonds. The van der Waals surface area contributed by atoms with Gasteiger partial charge in [-0.2, -0.15) is 0 Å². The molecule has 0 saturated heterocycles. The van der Waals surface area contributed by atoms with Gasteiger partial charge in [-0.05, 0) is 24.8 Å². The molecule has 0 aliphatic heterocycles. The van der Waals surface area contributed by atoms with Crippen LogP contribution in [0.5, 0.6) is 0 Å². The highest BCUT2D eigenvalue weighted by Gasteiger charge is 2.11. The Hall–Kier alpha value is -2.19. The molecule has 6 nitrogen and oxygen atoms in total. The summed E-state index contributed by atoms with van der Waals surface area (Å²) in [6.07, 6.45) is 3.55. The molecule has 23 heavy (non-hydrogen) atoms. The number of H-pyrrole nitrogens is 1. The average Bonchev–Trinajstić information content (AvgIpc) is 3.17. The van der Waals surface area contributed by atoms with Crippen molar-refractivity contribution in [3.63, 3.8) is 0 Å². The summed E-state index contributed by atoms with van der Waals surface area (Å²) >= 11 is 3.22. The van der Waals surface area contributed by atoms with Crippen LogP contribution in [0.4, 0.5) is 5.82 Å². The van der Waals surface area contributed by atoms with Crippen molar-refractivity contribution >= 4 is 50.3 Å². The quantitative estimate of drug-likeness (QED) is 0.552. The van der Waals surface area contributed by atoms with Gasteiger partial charge in [0.15, 0.2) is 9.99 Å². The first-order chi connectivity index (χ1) is 11.2. The van der Waals surface area contributed by atoms with Crippen LogP contribution in [-0.2, 0) is 6.54 Å². The molecule has 3 aromatic heterocycles. The molecule has 0 aliphatic rings. The Morgan fingerprint density at radius 2 is 2.17 bits per heavy atom. The summed E-state index contributed by atoms with van der Waals surface area (Å²) in [7, 11) is 0. The van der Waals surface area contributed by atoms with Crippen molar-refractivity contribution in [3.05, 3.63) is 35.9 Å². The number of anilines is 1. The van der Waals surface area contributed by atoms with Crippen molar-refractivity contribution in [2.75, 3.05) is 11.6 Å². The molecule has 0 saturated carbocycles. The summed E-state index contributed by atoms with van der Waals surface area (Å²) < 4.78 is 1.96. The van der Waals surface area contributed by atoms with Crippen LogP contribution >= 0.6 is 23.1 Å². The molecule has 0 bridgehead atoms. The molecule has 2 N–H and O–H groups in total. The molecule has 0 spiro atoms. The van der Waals surface area contributed by atoms with Gasteiger partial charge >= 0.3 is 0 Å². The fourth-order valence-electron chi connectivity index (χ4n) is 2.43. The average molecular weight is 342 g/mol. The van der Waals surface area contributed by atoms with Gasteiger partial charge in [0.25, 0.3) is 0 Å². The molecule has 116 valence electrons. The van der Waals surface area contributed by atoms with E-state index in [0.717, 1.165) is 37.4 Å². The summed E-state index contributed by atoms with van der Waals surface area (Å²) in [6, 6.07) is 6.13. The number of thioether (sulfide) groups is 1. The largest absolute Gasteiger partial charge is 0.362 e. The second-order valence-electron chi connectivity index (χ2n) is 5.07. The first-order valence-corrected chi connectivity index (χ1v) is 9.12. The highest BCUT2D eigenvalue weighted by Crippen LogP contribution is 2.31. The molecule has 0 aliphatic carbocycles. The zero-order valence-electron chi connectivity index (χ0n) is 12.6. The lowest BCUT2D eigenvalue weighted by molar-refractivity contribution is 0.997. The number of hydrogen-bond donors (Lipinski definition) is 2. The molecule has 1 aromatic carbocycles. The SMILES string of the molecule is CSc1nc2ncnc(NCc3nc4c(C)cccc4[nH]3)c2s1. The molecule has 0 fully saturated rings. The molecule has 4 rings (SSSR count). The number of hydrogen-bond acceptors (Lipinski definition) is 7. The number of aromatic nitrogens is 5. The van der Waals surface area contributed by atoms with Crippen LogP contribution in [0.2, 0.25) is 0 Å². The highest BCUT2D eigenvalue weighted by atomic mass is 32.2. The fourth-order valence-corrected chi connectivity index (χ4v) is 3.90. The van der Waals surface area contributed by atoms with Crippen LogP contribution in [-0.4, -0.2) is 31.2 Å². The molecule has 0 radical (unpaired) electrons. The van der Waals surface area contributed by atoms with E-state index in [0.29, 0.717) is 6.54 Å².